The Morgan fingerprint density at radius 1 is 1.06 bits per heavy atom. The Labute approximate surface area is 105 Å². The second-order valence-corrected chi connectivity index (χ2v) is 3.82. The Morgan fingerprint density at radius 3 is 2.33 bits per heavy atom. The molecule has 0 heterocycles. The predicted octanol–water partition coefficient (Wildman–Crippen LogP) is 2.69. The number of nitrogens with two attached hydrogens (primary N) is 1. The lowest BCUT2D eigenvalue weighted by Gasteiger charge is -2.11. The molecule has 92 valence electrons. The summed E-state index contributed by atoms with van der Waals surface area (Å²) in [6, 6.07) is 14.1. The highest BCUT2D eigenvalue weighted by Crippen LogP contribution is 2.29. The Kier molecular flexibility index (Phi) is 3.48. The number of aliphatic carboxylic acids is 1. The van der Waals surface area contributed by atoms with Crippen LogP contribution in [0.15, 0.2) is 48.5 Å². The standard InChI is InChI=1S/C14H13NO3/c15-11-6-2-4-8-13(11)18-12-7-3-1-5-10(12)9-14(16)17/h1-8H,9,15H2,(H,16,17). The zero-order valence-corrected chi connectivity index (χ0v) is 9.67. The van der Waals surface area contributed by atoms with E-state index in [-0.39, 0.29) is 6.42 Å². The fourth-order valence-corrected chi connectivity index (χ4v) is 1.60. The van der Waals surface area contributed by atoms with Crippen molar-refractivity contribution in [3.8, 4) is 11.5 Å². The average Bonchev–Trinajstić information content (AvgIpc) is 2.34. The summed E-state index contributed by atoms with van der Waals surface area (Å²) >= 11 is 0. The van der Waals surface area contributed by atoms with Gasteiger partial charge >= 0.3 is 5.97 Å². The smallest absolute Gasteiger partial charge is 0.307 e. The van der Waals surface area contributed by atoms with Gasteiger partial charge in [0.1, 0.15) is 11.5 Å². The third kappa shape index (κ3) is 2.79. The van der Waals surface area contributed by atoms with E-state index in [9.17, 15) is 4.79 Å². The summed E-state index contributed by atoms with van der Waals surface area (Å²) in [7, 11) is 0. The van der Waals surface area contributed by atoms with Gasteiger partial charge < -0.3 is 15.6 Å². The van der Waals surface area contributed by atoms with Gasteiger partial charge in [0.2, 0.25) is 0 Å². The molecule has 0 saturated heterocycles. The fourth-order valence-electron chi connectivity index (χ4n) is 1.60. The van der Waals surface area contributed by atoms with Crippen LogP contribution in [0.1, 0.15) is 5.56 Å². The third-order valence-electron chi connectivity index (χ3n) is 2.45. The van der Waals surface area contributed by atoms with Crippen molar-refractivity contribution in [1.82, 2.24) is 0 Å². The Bertz CT molecular complexity index is 566. The van der Waals surface area contributed by atoms with Crippen LogP contribution in [0.5, 0.6) is 11.5 Å². The van der Waals surface area contributed by atoms with Crippen LogP contribution in [0.25, 0.3) is 0 Å². The maximum absolute atomic E-state index is 10.8. The predicted molar refractivity (Wildman–Crippen MR) is 68.7 cm³/mol. The fraction of sp³-hybridized carbons (Fsp3) is 0.0714. The van der Waals surface area contributed by atoms with Gasteiger partial charge in [-0.1, -0.05) is 30.3 Å². The van der Waals surface area contributed by atoms with Crippen molar-refractivity contribution in [1.29, 1.82) is 0 Å². The third-order valence-corrected chi connectivity index (χ3v) is 2.45. The number of anilines is 1. The van der Waals surface area contributed by atoms with Gasteiger partial charge in [-0.05, 0) is 18.2 Å². The molecule has 3 N–H and O–H groups in total. The van der Waals surface area contributed by atoms with Crippen molar-refractivity contribution < 1.29 is 14.6 Å². The van der Waals surface area contributed by atoms with Gasteiger partial charge in [0.15, 0.2) is 0 Å². The number of ether oxygens (including phenoxy) is 1. The first-order valence-electron chi connectivity index (χ1n) is 5.49. The molecular weight excluding hydrogens is 230 g/mol. The molecule has 0 aliphatic carbocycles. The first-order valence-corrected chi connectivity index (χ1v) is 5.49. The molecule has 18 heavy (non-hydrogen) atoms. The van der Waals surface area contributed by atoms with E-state index in [1.807, 2.05) is 12.1 Å². The highest BCUT2D eigenvalue weighted by atomic mass is 16.5. The van der Waals surface area contributed by atoms with Crippen molar-refractivity contribution in [2.75, 3.05) is 5.73 Å². The number of rotatable bonds is 4. The second-order valence-electron chi connectivity index (χ2n) is 3.82. The molecule has 0 saturated carbocycles. The number of benzene rings is 2. The molecule has 2 aromatic rings. The molecule has 0 unspecified atom stereocenters. The van der Waals surface area contributed by atoms with E-state index in [0.717, 1.165) is 0 Å². The second kappa shape index (κ2) is 5.23. The number of nitrogen functional groups attached to an aromatic ring is 1. The van der Waals surface area contributed by atoms with E-state index in [1.54, 1.807) is 36.4 Å². The monoisotopic (exact) mass is 243 g/mol. The zero-order valence-electron chi connectivity index (χ0n) is 9.67. The highest BCUT2D eigenvalue weighted by Gasteiger charge is 2.09. The average molecular weight is 243 g/mol. The first kappa shape index (κ1) is 12.0. The Hall–Kier alpha value is -2.49. The van der Waals surface area contributed by atoms with Crippen molar-refractivity contribution >= 4 is 11.7 Å². The molecule has 0 aliphatic rings. The topological polar surface area (TPSA) is 72.5 Å². The van der Waals surface area contributed by atoms with Crippen molar-refractivity contribution in [2.24, 2.45) is 0 Å². The van der Waals surface area contributed by atoms with Gasteiger partial charge in [0, 0.05) is 5.56 Å². The molecule has 0 radical (unpaired) electrons. The van der Waals surface area contributed by atoms with Crippen LogP contribution in [0.4, 0.5) is 5.69 Å². The molecule has 0 fully saturated rings. The summed E-state index contributed by atoms with van der Waals surface area (Å²) in [5, 5.41) is 8.83. The molecule has 4 nitrogen and oxygen atoms in total. The summed E-state index contributed by atoms with van der Waals surface area (Å²) in [5.74, 6) is 0.139. The van der Waals surface area contributed by atoms with Crippen LogP contribution in [0, 0.1) is 0 Å². The lowest BCUT2D eigenvalue weighted by molar-refractivity contribution is -0.136. The van der Waals surface area contributed by atoms with E-state index >= 15 is 0 Å². The van der Waals surface area contributed by atoms with E-state index in [2.05, 4.69) is 0 Å². The minimum atomic E-state index is -0.896. The van der Waals surface area contributed by atoms with Gasteiger partial charge in [-0.3, -0.25) is 4.79 Å². The van der Waals surface area contributed by atoms with E-state index in [0.29, 0.717) is 22.7 Å². The minimum Gasteiger partial charge on any atom is -0.481 e. The largest absolute Gasteiger partial charge is 0.481 e. The number of carboxylic acids is 1. The Morgan fingerprint density at radius 2 is 1.67 bits per heavy atom. The van der Waals surface area contributed by atoms with Crippen molar-refractivity contribution in [3.63, 3.8) is 0 Å². The Balaban J connectivity index is 2.29. The molecule has 0 aliphatic heterocycles. The van der Waals surface area contributed by atoms with E-state index < -0.39 is 5.97 Å². The molecule has 4 heteroatoms. The molecule has 2 rings (SSSR count). The maximum atomic E-state index is 10.8. The molecular formula is C14H13NO3. The minimum absolute atomic E-state index is 0.0804. The van der Waals surface area contributed by atoms with Gasteiger partial charge in [0.05, 0.1) is 12.1 Å². The van der Waals surface area contributed by atoms with Crippen LogP contribution in [-0.4, -0.2) is 11.1 Å². The van der Waals surface area contributed by atoms with Gasteiger partial charge in [-0.25, -0.2) is 0 Å². The normalized spacial score (nSPS) is 10.0. The van der Waals surface area contributed by atoms with Crippen LogP contribution in [0.2, 0.25) is 0 Å². The van der Waals surface area contributed by atoms with Gasteiger partial charge in [-0.15, -0.1) is 0 Å². The molecule has 0 spiro atoms. The number of para-hydroxylation sites is 3. The van der Waals surface area contributed by atoms with Gasteiger partial charge in [0.25, 0.3) is 0 Å². The molecule has 2 aromatic carbocycles. The molecule has 0 amide bonds. The first-order chi connectivity index (χ1) is 8.66. The van der Waals surface area contributed by atoms with Crippen LogP contribution in [0.3, 0.4) is 0 Å². The van der Waals surface area contributed by atoms with Crippen LogP contribution >= 0.6 is 0 Å². The van der Waals surface area contributed by atoms with Gasteiger partial charge in [-0.2, -0.15) is 0 Å². The lowest BCUT2D eigenvalue weighted by atomic mass is 10.1. The molecule has 0 aromatic heterocycles. The quantitative estimate of drug-likeness (QED) is 0.810. The van der Waals surface area contributed by atoms with E-state index in [4.69, 9.17) is 15.6 Å². The number of hydrogen-bond donors (Lipinski definition) is 2. The molecule has 0 bridgehead atoms. The zero-order chi connectivity index (χ0) is 13.0. The van der Waals surface area contributed by atoms with Crippen LogP contribution < -0.4 is 10.5 Å². The number of carboxylic acid groups (broad SMARTS) is 1. The summed E-state index contributed by atoms with van der Waals surface area (Å²) in [5.41, 5.74) is 6.91. The van der Waals surface area contributed by atoms with E-state index in [1.165, 1.54) is 0 Å². The molecule has 0 atom stereocenters. The summed E-state index contributed by atoms with van der Waals surface area (Å²) in [6.07, 6.45) is -0.0804. The maximum Gasteiger partial charge on any atom is 0.307 e. The van der Waals surface area contributed by atoms with Crippen LogP contribution in [-0.2, 0) is 11.2 Å². The van der Waals surface area contributed by atoms with Crippen molar-refractivity contribution in [3.05, 3.63) is 54.1 Å². The SMILES string of the molecule is Nc1ccccc1Oc1ccccc1CC(=O)O. The number of carbonyl (C=O) groups is 1. The summed E-state index contributed by atoms with van der Waals surface area (Å²) in [6.45, 7) is 0. The van der Waals surface area contributed by atoms with Crippen molar-refractivity contribution in [2.45, 2.75) is 6.42 Å². The number of hydrogen-bond acceptors (Lipinski definition) is 3. The summed E-state index contributed by atoms with van der Waals surface area (Å²) in [4.78, 5) is 10.8. The summed E-state index contributed by atoms with van der Waals surface area (Å²) < 4.78 is 5.65. The highest BCUT2D eigenvalue weighted by molar-refractivity contribution is 5.71. The lowest BCUT2D eigenvalue weighted by Crippen LogP contribution is -2.02.